The average molecular weight is 292 g/mol. The van der Waals surface area contributed by atoms with Crippen LogP contribution < -0.4 is 11.1 Å². The zero-order valence-corrected chi connectivity index (χ0v) is 11.4. The molecule has 0 aliphatic rings. The molecule has 0 radical (unpaired) electrons. The lowest BCUT2D eigenvalue weighted by atomic mass is 10.2. The van der Waals surface area contributed by atoms with Crippen molar-refractivity contribution in [1.29, 1.82) is 0 Å². The third-order valence-corrected chi connectivity index (χ3v) is 3.76. The number of carbonyl (C=O) groups excluding carboxylic acids is 1. The van der Waals surface area contributed by atoms with Crippen LogP contribution in [0.5, 0.6) is 0 Å². The van der Waals surface area contributed by atoms with E-state index in [1.807, 2.05) is 18.4 Å². The first-order chi connectivity index (χ1) is 9.49. The van der Waals surface area contributed by atoms with Crippen LogP contribution in [0.1, 0.15) is 20.8 Å². The van der Waals surface area contributed by atoms with Crippen LogP contribution in [0.3, 0.4) is 0 Å². The van der Waals surface area contributed by atoms with Gasteiger partial charge in [0.2, 0.25) is 0 Å². The molecule has 2 aromatic heterocycles. The molecule has 0 saturated heterocycles. The monoisotopic (exact) mass is 292 g/mol. The van der Waals surface area contributed by atoms with Crippen LogP contribution in [0.25, 0.3) is 0 Å². The number of nitro groups is 1. The molecule has 2 aromatic rings. The van der Waals surface area contributed by atoms with Gasteiger partial charge in [-0.1, -0.05) is 0 Å². The summed E-state index contributed by atoms with van der Waals surface area (Å²) in [4.78, 5) is 26.7. The molecular weight excluding hydrogens is 280 g/mol. The van der Waals surface area contributed by atoms with Gasteiger partial charge >= 0.3 is 0 Å². The first-order valence-corrected chi connectivity index (χ1v) is 6.58. The van der Waals surface area contributed by atoms with Crippen molar-refractivity contribution in [2.24, 2.45) is 0 Å². The van der Waals surface area contributed by atoms with Gasteiger partial charge in [-0.15, -0.1) is 11.3 Å². The Balaban J connectivity index is 2.15. The molecule has 0 unspecified atom stereocenters. The summed E-state index contributed by atoms with van der Waals surface area (Å²) in [6.45, 7) is 2.30. The predicted molar refractivity (Wildman–Crippen MR) is 75.5 cm³/mol. The summed E-state index contributed by atoms with van der Waals surface area (Å²) in [6, 6.07) is 3.08. The number of pyridine rings is 1. The van der Waals surface area contributed by atoms with Crippen LogP contribution >= 0.6 is 11.3 Å². The molecule has 2 rings (SSSR count). The van der Waals surface area contributed by atoms with Crippen molar-refractivity contribution in [2.75, 3.05) is 5.73 Å². The molecule has 0 saturated carbocycles. The summed E-state index contributed by atoms with van der Waals surface area (Å²) in [5, 5.41) is 15.3. The minimum Gasteiger partial charge on any atom is -0.383 e. The summed E-state index contributed by atoms with van der Waals surface area (Å²) in [5.41, 5.74) is 6.40. The summed E-state index contributed by atoms with van der Waals surface area (Å²) in [7, 11) is 0. The van der Waals surface area contributed by atoms with Gasteiger partial charge in [0.25, 0.3) is 11.6 Å². The SMILES string of the molecule is Cc1ccsc1CNC(=O)c1cc([N+](=O)[O-])cnc1N. The van der Waals surface area contributed by atoms with E-state index in [9.17, 15) is 14.9 Å². The first-order valence-electron chi connectivity index (χ1n) is 5.70. The smallest absolute Gasteiger partial charge is 0.288 e. The normalized spacial score (nSPS) is 10.2. The van der Waals surface area contributed by atoms with Gasteiger partial charge in [-0.2, -0.15) is 0 Å². The van der Waals surface area contributed by atoms with Gasteiger partial charge in [0.1, 0.15) is 12.0 Å². The van der Waals surface area contributed by atoms with Crippen molar-refractivity contribution in [3.8, 4) is 0 Å². The Morgan fingerprint density at radius 3 is 2.95 bits per heavy atom. The van der Waals surface area contributed by atoms with Crippen LogP contribution in [0, 0.1) is 17.0 Å². The number of anilines is 1. The zero-order chi connectivity index (χ0) is 14.7. The molecule has 0 spiro atoms. The summed E-state index contributed by atoms with van der Waals surface area (Å²) < 4.78 is 0. The van der Waals surface area contributed by atoms with E-state index in [0.29, 0.717) is 6.54 Å². The van der Waals surface area contributed by atoms with Crippen molar-refractivity contribution >= 4 is 28.7 Å². The summed E-state index contributed by atoms with van der Waals surface area (Å²) >= 11 is 1.53. The topological polar surface area (TPSA) is 111 Å². The second kappa shape index (κ2) is 5.66. The molecule has 104 valence electrons. The quantitative estimate of drug-likeness (QED) is 0.660. The highest BCUT2D eigenvalue weighted by atomic mass is 32.1. The highest BCUT2D eigenvalue weighted by Crippen LogP contribution is 2.18. The van der Waals surface area contributed by atoms with Crippen LogP contribution in [-0.2, 0) is 6.54 Å². The fourth-order valence-electron chi connectivity index (χ4n) is 1.59. The largest absolute Gasteiger partial charge is 0.383 e. The van der Waals surface area contributed by atoms with Crippen LogP contribution in [0.15, 0.2) is 23.7 Å². The van der Waals surface area contributed by atoms with Gasteiger partial charge in [0, 0.05) is 10.9 Å². The minimum absolute atomic E-state index is 0.00779. The van der Waals surface area contributed by atoms with E-state index in [1.165, 1.54) is 11.3 Å². The molecule has 0 aliphatic carbocycles. The predicted octanol–water partition coefficient (Wildman–Crippen LogP) is 1.87. The average Bonchev–Trinajstić information content (AvgIpc) is 2.81. The van der Waals surface area contributed by atoms with Crippen molar-refractivity contribution in [1.82, 2.24) is 10.3 Å². The maximum atomic E-state index is 12.0. The Morgan fingerprint density at radius 1 is 1.60 bits per heavy atom. The molecule has 0 aromatic carbocycles. The molecular formula is C12H12N4O3S. The highest BCUT2D eigenvalue weighted by Gasteiger charge is 2.16. The Kier molecular flexibility index (Phi) is 3.94. The maximum Gasteiger partial charge on any atom is 0.288 e. The first kappa shape index (κ1) is 13.9. The fraction of sp³-hybridized carbons (Fsp3) is 0.167. The lowest BCUT2D eigenvalue weighted by Crippen LogP contribution is -2.24. The molecule has 3 N–H and O–H groups in total. The highest BCUT2D eigenvalue weighted by molar-refractivity contribution is 7.10. The van der Waals surface area contributed by atoms with Crippen LogP contribution in [0.2, 0.25) is 0 Å². The van der Waals surface area contributed by atoms with Crippen LogP contribution in [0.4, 0.5) is 11.5 Å². The van der Waals surface area contributed by atoms with Crippen molar-refractivity contribution in [2.45, 2.75) is 13.5 Å². The number of aromatic nitrogens is 1. The number of carbonyl (C=O) groups is 1. The number of nitrogens with one attached hydrogen (secondary N) is 1. The van der Waals surface area contributed by atoms with Gasteiger partial charge < -0.3 is 11.1 Å². The number of nitrogens with two attached hydrogens (primary N) is 1. The van der Waals surface area contributed by atoms with E-state index >= 15 is 0 Å². The summed E-state index contributed by atoms with van der Waals surface area (Å²) in [6.07, 6.45) is 1.02. The van der Waals surface area contributed by atoms with Gasteiger partial charge in [0.15, 0.2) is 0 Å². The number of amides is 1. The number of thiophene rings is 1. The molecule has 1 amide bonds. The Morgan fingerprint density at radius 2 is 2.35 bits per heavy atom. The van der Waals surface area contributed by atoms with E-state index < -0.39 is 10.8 Å². The number of nitrogen functional groups attached to an aromatic ring is 1. The van der Waals surface area contributed by atoms with E-state index in [4.69, 9.17) is 5.73 Å². The zero-order valence-electron chi connectivity index (χ0n) is 10.6. The maximum absolute atomic E-state index is 12.0. The third kappa shape index (κ3) is 2.91. The molecule has 0 fully saturated rings. The van der Waals surface area contributed by atoms with Crippen molar-refractivity contribution in [3.63, 3.8) is 0 Å². The second-order valence-electron chi connectivity index (χ2n) is 4.09. The number of hydrogen-bond donors (Lipinski definition) is 2. The number of rotatable bonds is 4. The van der Waals surface area contributed by atoms with Gasteiger partial charge in [0.05, 0.1) is 17.0 Å². The summed E-state index contributed by atoms with van der Waals surface area (Å²) in [5.74, 6) is -0.512. The standard InChI is InChI=1S/C12H12N4O3S/c1-7-2-3-20-10(7)6-15-12(17)9-4-8(16(18)19)5-14-11(9)13/h2-5H,6H2,1H3,(H2,13,14)(H,15,17). The van der Waals surface area contributed by atoms with Crippen molar-refractivity contribution < 1.29 is 9.72 Å². The third-order valence-electron chi connectivity index (χ3n) is 2.74. The molecule has 8 heteroatoms. The van der Waals surface area contributed by atoms with Gasteiger partial charge in [-0.3, -0.25) is 14.9 Å². The van der Waals surface area contributed by atoms with Gasteiger partial charge in [-0.25, -0.2) is 4.98 Å². The van der Waals surface area contributed by atoms with Crippen molar-refractivity contribution in [3.05, 3.63) is 49.8 Å². The molecule has 0 bridgehead atoms. The van der Waals surface area contributed by atoms with E-state index in [2.05, 4.69) is 10.3 Å². The minimum atomic E-state index is -0.618. The van der Waals surface area contributed by atoms with E-state index in [1.54, 1.807) is 0 Å². The van der Waals surface area contributed by atoms with E-state index in [0.717, 1.165) is 22.7 Å². The number of aryl methyl sites for hydroxylation is 1. The Bertz CT molecular complexity index is 668. The lowest BCUT2D eigenvalue weighted by Gasteiger charge is -2.06. The van der Waals surface area contributed by atoms with E-state index in [-0.39, 0.29) is 17.1 Å². The van der Waals surface area contributed by atoms with Gasteiger partial charge in [-0.05, 0) is 23.9 Å². The molecule has 7 nitrogen and oxygen atoms in total. The molecule has 0 aliphatic heterocycles. The second-order valence-corrected chi connectivity index (χ2v) is 5.09. The Hall–Kier alpha value is -2.48. The fourth-order valence-corrected chi connectivity index (χ4v) is 2.43. The molecule has 2 heterocycles. The lowest BCUT2D eigenvalue weighted by molar-refractivity contribution is -0.385. The molecule has 0 atom stereocenters. The Labute approximate surface area is 118 Å². The number of nitrogens with zero attached hydrogens (tertiary/aromatic N) is 2. The number of hydrogen-bond acceptors (Lipinski definition) is 6. The molecule has 20 heavy (non-hydrogen) atoms. The van der Waals surface area contributed by atoms with Crippen LogP contribution in [-0.4, -0.2) is 15.8 Å².